The summed E-state index contributed by atoms with van der Waals surface area (Å²) in [6, 6.07) is 0. The van der Waals surface area contributed by atoms with Gasteiger partial charge in [-0.05, 0) is 14.1 Å². The van der Waals surface area contributed by atoms with Gasteiger partial charge in [0.05, 0.1) is 6.54 Å². The normalized spacial score (nSPS) is 10.5. The van der Waals surface area contributed by atoms with E-state index in [0.717, 1.165) is 0 Å². The second kappa shape index (κ2) is 4.75. The van der Waals surface area contributed by atoms with Crippen LogP contribution in [-0.2, 0) is 11.8 Å². The fourth-order valence-corrected chi connectivity index (χ4v) is 1.20. The number of aryl methyl sites for hydroxylation is 1. The summed E-state index contributed by atoms with van der Waals surface area (Å²) in [4.78, 5) is 23.9. The fraction of sp³-hybridized carbons (Fsp3) is 0.444. The molecule has 0 radical (unpaired) electrons. The van der Waals surface area contributed by atoms with Crippen molar-refractivity contribution in [1.29, 1.82) is 0 Å². The Bertz CT molecular complexity index is 411. The molecular formula is C9H14N4O3. The smallest absolute Gasteiger partial charge is 0.341 e. The molecule has 0 saturated carbocycles. The van der Waals surface area contributed by atoms with Crippen LogP contribution in [0.5, 0.6) is 0 Å². The van der Waals surface area contributed by atoms with Crippen LogP contribution in [0.2, 0.25) is 0 Å². The summed E-state index contributed by atoms with van der Waals surface area (Å²) in [6.07, 6.45) is 1.34. The number of aromatic nitrogens is 2. The second-order valence-electron chi connectivity index (χ2n) is 3.66. The largest absolute Gasteiger partial charge is 0.477 e. The van der Waals surface area contributed by atoms with Gasteiger partial charge in [-0.3, -0.25) is 9.48 Å². The summed E-state index contributed by atoms with van der Waals surface area (Å²) in [5, 5.41) is 15.2. The Balaban J connectivity index is 2.80. The van der Waals surface area contributed by atoms with Crippen molar-refractivity contribution in [2.75, 3.05) is 26.0 Å². The van der Waals surface area contributed by atoms with Crippen LogP contribution in [0.15, 0.2) is 6.20 Å². The zero-order valence-electron chi connectivity index (χ0n) is 9.39. The number of carboxylic acid groups (broad SMARTS) is 1. The van der Waals surface area contributed by atoms with Gasteiger partial charge in [-0.25, -0.2) is 4.79 Å². The van der Waals surface area contributed by atoms with Crippen molar-refractivity contribution in [3.63, 3.8) is 0 Å². The molecule has 2 N–H and O–H groups in total. The SMILES string of the molecule is CN(C)CC(=O)Nc1nn(C)cc1C(=O)O. The maximum absolute atomic E-state index is 11.4. The van der Waals surface area contributed by atoms with Crippen molar-refractivity contribution in [1.82, 2.24) is 14.7 Å². The summed E-state index contributed by atoms with van der Waals surface area (Å²) >= 11 is 0. The van der Waals surface area contributed by atoms with Crippen LogP contribution in [0, 0.1) is 0 Å². The lowest BCUT2D eigenvalue weighted by Gasteiger charge is -2.08. The van der Waals surface area contributed by atoms with Gasteiger partial charge < -0.3 is 15.3 Å². The summed E-state index contributed by atoms with van der Waals surface area (Å²) in [7, 11) is 5.08. The average Bonchev–Trinajstić information content (AvgIpc) is 2.44. The predicted molar refractivity (Wildman–Crippen MR) is 57.4 cm³/mol. The van der Waals surface area contributed by atoms with E-state index < -0.39 is 5.97 Å². The van der Waals surface area contributed by atoms with Gasteiger partial charge in [0.1, 0.15) is 5.56 Å². The van der Waals surface area contributed by atoms with Gasteiger partial charge in [0.15, 0.2) is 5.82 Å². The molecule has 1 rings (SSSR count). The monoisotopic (exact) mass is 226 g/mol. The van der Waals surface area contributed by atoms with Gasteiger partial charge >= 0.3 is 5.97 Å². The highest BCUT2D eigenvalue weighted by molar-refractivity contribution is 5.99. The van der Waals surface area contributed by atoms with Crippen LogP contribution in [0.1, 0.15) is 10.4 Å². The Morgan fingerprint density at radius 2 is 2.19 bits per heavy atom. The van der Waals surface area contributed by atoms with Crippen molar-refractivity contribution in [2.24, 2.45) is 7.05 Å². The molecule has 0 spiro atoms. The molecular weight excluding hydrogens is 212 g/mol. The summed E-state index contributed by atoms with van der Waals surface area (Å²) in [5.74, 6) is -1.35. The predicted octanol–water partition coefficient (Wildman–Crippen LogP) is -0.382. The summed E-state index contributed by atoms with van der Waals surface area (Å²) in [6.45, 7) is 0.176. The Labute approximate surface area is 92.7 Å². The minimum absolute atomic E-state index is 0.0189. The van der Waals surface area contributed by atoms with Crippen molar-refractivity contribution < 1.29 is 14.7 Å². The third-order valence-electron chi connectivity index (χ3n) is 1.78. The molecule has 1 heterocycles. The molecule has 7 heteroatoms. The Morgan fingerprint density at radius 1 is 1.56 bits per heavy atom. The van der Waals surface area contributed by atoms with Gasteiger partial charge in [-0.15, -0.1) is 0 Å². The fourth-order valence-electron chi connectivity index (χ4n) is 1.20. The van der Waals surface area contributed by atoms with Crippen LogP contribution in [0.25, 0.3) is 0 Å². The number of anilines is 1. The lowest BCUT2D eigenvalue weighted by atomic mass is 10.3. The molecule has 1 amide bonds. The van der Waals surface area contributed by atoms with Crippen molar-refractivity contribution >= 4 is 17.7 Å². The Hall–Kier alpha value is -1.89. The van der Waals surface area contributed by atoms with Gasteiger partial charge in [0, 0.05) is 13.2 Å². The minimum atomic E-state index is -1.12. The zero-order chi connectivity index (χ0) is 12.3. The molecule has 0 fully saturated rings. The summed E-state index contributed by atoms with van der Waals surface area (Å²) in [5.41, 5.74) is -0.0189. The lowest BCUT2D eigenvalue weighted by Crippen LogP contribution is -2.27. The molecule has 1 aromatic rings. The van der Waals surface area contributed by atoms with E-state index in [-0.39, 0.29) is 23.8 Å². The van der Waals surface area contributed by atoms with Crippen LogP contribution in [0.4, 0.5) is 5.82 Å². The number of hydrogen-bond donors (Lipinski definition) is 2. The number of carbonyl (C=O) groups excluding carboxylic acids is 1. The maximum Gasteiger partial charge on any atom is 0.341 e. The van der Waals surface area contributed by atoms with Crippen LogP contribution < -0.4 is 5.32 Å². The van der Waals surface area contributed by atoms with E-state index >= 15 is 0 Å². The lowest BCUT2D eigenvalue weighted by molar-refractivity contribution is -0.116. The van der Waals surface area contributed by atoms with E-state index in [4.69, 9.17) is 5.11 Å². The van der Waals surface area contributed by atoms with E-state index in [1.165, 1.54) is 10.9 Å². The van der Waals surface area contributed by atoms with Crippen LogP contribution in [-0.4, -0.2) is 52.3 Å². The first-order valence-corrected chi connectivity index (χ1v) is 4.61. The molecule has 1 aromatic heterocycles. The zero-order valence-corrected chi connectivity index (χ0v) is 9.39. The number of aromatic carboxylic acids is 1. The first kappa shape index (κ1) is 12.2. The number of carboxylic acids is 1. The summed E-state index contributed by atoms with van der Waals surface area (Å²) < 4.78 is 1.34. The molecule has 7 nitrogen and oxygen atoms in total. The molecule has 0 bridgehead atoms. The number of likely N-dealkylation sites (N-methyl/N-ethyl adjacent to an activating group) is 1. The highest BCUT2D eigenvalue weighted by Gasteiger charge is 2.16. The number of rotatable bonds is 4. The maximum atomic E-state index is 11.4. The molecule has 0 aliphatic rings. The molecule has 0 aliphatic heterocycles. The van der Waals surface area contributed by atoms with Crippen molar-refractivity contribution in [3.05, 3.63) is 11.8 Å². The number of nitrogens with one attached hydrogen (secondary N) is 1. The van der Waals surface area contributed by atoms with E-state index in [1.807, 2.05) is 0 Å². The molecule has 88 valence electrons. The van der Waals surface area contributed by atoms with Gasteiger partial charge in [0.25, 0.3) is 0 Å². The van der Waals surface area contributed by atoms with Gasteiger partial charge in [-0.1, -0.05) is 0 Å². The van der Waals surface area contributed by atoms with Crippen molar-refractivity contribution in [3.8, 4) is 0 Å². The first-order valence-electron chi connectivity index (χ1n) is 4.61. The first-order chi connectivity index (χ1) is 7.40. The van der Waals surface area contributed by atoms with Crippen molar-refractivity contribution in [2.45, 2.75) is 0 Å². The van der Waals surface area contributed by atoms with Gasteiger partial charge in [0.2, 0.25) is 5.91 Å². The molecule has 0 saturated heterocycles. The number of hydrogen-bond acceptors (Lipinski definition) is 4. The molecule has 16 heavy (non-hydrogen) atoms. The van der Waals surface area contributed by atoms with Gasteiger partial charge in [-0.2, -0.15) is 5.10 Å². The third-order valence-corrected chi connectivity index (χ3v) is 1.78. The highest BCUT2D eigenvalue weighted by Crippen LogP contribution is 2.11. The topological polar surface area (TPSA) is 87.5 Å². The number of amides is 1. The van der Waals surface area contributed by atoms with Crippen LogP contribution >= 0.6 is 0 Å². The minimum Gasteiger partial charge on any atom is -0.477 e. The molecule has 0 unspecified atom stereocenters. The quantitative estimate of drug-likeness (QED) is 0.730. The van der Waals surface area contributed by atoms with E-state index in [9.17, 15) is 9.59 Å². The molecule has 0 aliphatic carbocycles. The van der Waals surface area contributed by atoms with E-state index in [1.54, 1.807) is 26.0 Å². The average molecular weight is 226 g/mol. The van der Waals surface area contributed by atoms with E-state index in [0.29, 0.717) is 0 Å². The highest BCUT2D eigenvalue weighted by atomic mass is 16.4. The number of nitrogens with zero attached hydrogens (tertiary/aromatic N) is 3. The third kappa shape index (κ3) is 3.06. The number of carbonyl (C=O) groups is 2. The standard InChI is InChI=1S/C9H14N4O3/c1-12(2)5-7(14)10-8-6(9(15)16)4-13(3)11-8/h4H,5H2,1-3H3,(H,15,16)(H,10,11,14). The molecule has 0 atom stereocenters. The van der Waals surface area contributed by atoms with E-state index in [2.05, 4.69) is 10.4 Å². The molecule has 0 aromatic carbocycles. The van der Waals surface area contributed by atoms with Crippen LogP contribution in [0.3, 0.4) is 0 Å². The Morgan fingerprint density at radius 3 is 2.69 bits per heavy atom. The second-order valence-corrected chi connectivity index (χ2v) is 3.66. The Kier molecular flexibility index (Phi) is 3.62.